The second-order valence-corrected chi connectivity index (χ2v) is 4.69. The highest BCUT2D eigenvalue weighted by Gasteiger charge is 2.30. The maximum atomic E-state index is 11.5. The van der Waals surface area contributed by atoms with Gasteiger partial charge in [-0.3, -0.25) is 4.79 Å². The summed E-state index contributed by atoms with van der Waals surface area (Å²) in [6, 6.07) is 9.77. The summed E-state index contributed by atoms with van der Waals surface area (Å²) < 4.78 is 16.6. The molecule has 104 valence electrons. The summed E-state index contributed by atoms with van der Waals surface area (Å²) in [5, 5.41) is 0. The number of rotatable bonds is 4. The van der Waals surface area contributed by atoms with Crippen molar-refractivity contribution in [3.63, 3.8) is 0 Å². The van der Waals surface area contributed by atoms with Crippen molar-refractivity contribution in [3.05, 3.63) is 35.9 Å². The molecule has 0 unspecified atom stereocenters. The topological polar surface area (TPSA) is 44.8 Å². The minimum atomic E-state index is -0.399. The van der Waals surface area contributed by atoms with E-state index in [-0.39, 0.29) is 24.6 Å². The SMILES string of the molecule is CCOC(=O)C[C@H]1C[C@@H](C)O[C@@H](c2ccccc2)O1. The highest BCUT2D eigenvalue weighted by Crippen LogP contribution is 2.30. The molecule has 0 spiro atoms. The molecule has 4 nitrogen and oxygen atoms in total. The van der Waals surface area contributed by atoms with Crippen molar-refractivity contribution in [1.82, 2.24) is 0 Å². The van der Waals surface area contributed by atoms with E-state index in [1.54, 1.807) is 6.92 Å². The maximum absolute atomic E-state index is 11.5. The van der Waals surface area contributed by atoms with Gasteiger partial charge in [0.1, 0.15) is 0 Å². The maximum Gasteiger partial charge on any atom is 0.308 e. The zero-order chi connectivity index (χ0) is 13.7. The molecule has 19 heavy (non-hydrogen) atoms. The van der Waals surface area contributed by atoms with E-state index < -0.39 is 6.29 Å². The lowest BCUT2D eigenvalue weighted by Crippen LogP contribution is -2.34. The van der Waals surface area contributed by atoms with E-state index in [0.29, 0.717) is 13.0 Å². The molecule has 1 heterocycles. The number of benzene rings is 1. The summed E-state index contributed by atoms with van der Waals surface area (Å²) in [4.78, 5) is 11.5. The number of hydrogen-bond acceptors (Lipinski definition) is 4. The average Bonchev–Trinajstić information content (AvgIpc) is 2.39. The summed E-state index contributed by atoms with van der Waals surface area (Å²) >= 11 is 0. The lowest BCUT2D eigenvalue weighted by atomic mass is 10.1. The zero-order valence-corrected chi connectivity index (χ0v) is 11.4. The van der Waals surface area contributed by atoms with Crippen molar-refractivity contribution in [1.29, 1.82) is 0 Å². The zero-order valence-electron chi connectivity index (χ0n) is 11.4. The Morgan fingerprint density at radius 3 is 2.74 bits per heavy atom. The normalized spacial score (nSPS) is 26.9. The van der Waals surface area contributed by atoms with Gasteiger partial charge in [0, 0.05) is 12.0 Å². The van der Waals surface area contributed by atoms with E-state index in [0.717, 1.165) is 5.56 Å². The lowest BCUT2D eigenvalue weighted by molar-refractivity contribution is -0.245. The third kappa shape index (κ3) is 4.04. The number of carbonyl (C=O) groups excluding carboxylic acids is 1. The van der Waals surface area contributed by atoms with E-state index in [9.17, 15) is 4.79 Å². The summed E-state index contributed by atoms with van der Waals surface area (Å²) in [7, 11) is 0. The van der Waals surface area contributed by atoms with E-state index in [1.165, 1.54) is 0 Å². The minimum Gasteiger partial charge on any atom is -0.466 e. The molecule has 0 aliphatic carbocycles. The van der Waals surface area contributed by atoms with Crippen molar-refractivity contribution in [2.75, 3.05) is 6.61 Å². The number of esters is 1. The van der Waals surface area contributed by atoms with Gasteiger partial charge in [-0.05, 0) is 13.8 Å². The average molecular weight is 264 g/mol. The summed E-state index contributed by atoms with van der Waals surface area (Å²) in [5.41, 5.74) is 0.975. The van der Waals surface area contributed by atoms with E-state index in [1.807, 2.05) is 37.3 Å². The van der Waals surface area contributed by atoms with Crippen molar-refractivity contribution in [2.24, 2.45) is 0 Å². The van der Waals surface area contributed by atoms with Gasteiger partial charge in [-0.25, -0.2) is 0 Å². The van der Waals surface area contributed by atoms with Gasteiger partial charge < -0.3 is 14.2 Å². The van der Waals surface area contributed by atoms with E-state index >= 15 is 0 Å². The molecule has 1 aromatic rings. The molecule has 1 saturated heterocycles. The molecular formula is C15H20O4. The van der Waals surface area contributed by atoms with Crippen molar-refractivity contribution in [3.8, 4) is 0 Å². The number of carbonyl (C=O) groups is 1. The predicted molar refractivity (Wildman–Crippen MR) is 70.5 cm³/mol. The number of hydrogen-bond donors (Lipinski definition) is 0. The molecule has 0 aromatic heterocycles. The minimum absolute atomic E-state index is 0.0679. The molecule has 4 heteroatoms. The predicted octanol–water partition coefficient (Wildman–Crippen LogP) is 2.83. The van der Waals surface area contributed by atoms with Gasteiger partial charge in [-0.2, -0.15) is 0 Å². The summed E-state index contributed by atoms with van der Waals surface area (Å²) in [6.07, 6.45) is 0.517. The molecule has 2 rings (SSSR count). The van der Waals surface area contributed by atoms with Gasteiger partial charge in [0.05, 0.1) is 25.2 Å². The van der Waals surface area contributed by atoms with Gasteiger partial charge in [-0.1, -0.05) is 30.3 Å². The van der Waals surface area contributed by atoms with Gasteiger partial charge in [0.2, 0.25) is 0 Å². The molecule has 1 aromatic carbocycles. The van der Waals surface area contributed by atoms with Crippen LogP contribution in [0.15, 0.2) is 30.3 Å². The van der Waals surface area contributed by atoms with Crippen molar-refractivity contribution < 1.29 is 19.0 Å². The van der Waals surface area contributed by atoms with Gasteiger partial charge >= 0.3 is 5.97 Å². The van der Waals surface area contributed by atoms with Crippen molar-refractivity contribution in [2.45, 2.75) is 45.2 Å². The smallest absolute Gasteiger partial charge is 0.308 e. The van der Waals surface area contributed by atoms with Crippen LogP contribution in [0.1, 0.15) is 38.5 Å². The van der Waals surface area contributed by atoms with Crippen LogP contribution in [0.3, 0.4) is 0 Å². The molecule has 1 aliphatic rings. The Balaban J connectivity index is 1.98. The fraction of sp³-hybridized carbons (Fsp3) is 0.533. The van der Waals surface area contributed by atoms with E-state index in [4.69, 9.17) is 14.2 Å². The van der Waals surface area contributed by atoms with Crippen LogP contribution in [-0.4, -0.2) is 24.8 Å². The third-order valence-electron chi connectivity index (χ3n) is 3.04. The monoisotopic (exact) mass is 264 g/mol. The Bertz CT molecular complexity index is 404. The molecule has 0 bridgehead atoms. The quantitative estimate of drug-likeness (QED) is 0.784. The molecule has 3 atom stereocenters. The van der Waals surface area contributed by atoms with E-state index in [2.05, 4.69) is 0 Å². The Morgan fingerprint density at radius 1 is 1.32 bits per heavy atom. The first-order chi connectivity index (χ1) is 9.19. The van der Waals surface area contributed by atoms with Gasteiger partial charge in [-0.15, -0.1) is 0 Å². The molecule has 1 fully saturated rings. The van der Waals surface area contributed by atoms with Gasteiger partial charge in [0.25, 0.3) is 0 Å². The fourth-order valence-corrected chi connectivity index (χ4v) is 2.20. The molecule has 0 saturated carbocycles. The first kappa shape index (κ1) is 14.0. The molecular weight excluding hydrogens is 244 g/mol. The molecule has 0 amide bonds. The molecule has 0 N–H and O–H groups in total. The van der Waals surface area contributed by atoms with Crippen LogP contribution in [0.4, 0.5) is 0 Å². The first-order valence-electron chi connectivity index (χ1n) is 6.70. The van der Waals surface area contributed by atoms with Gasteiger partial charge in [0.15, 0.2) is 6.29 Å². The fourth-order valence-electron chi connectivity index (χ4n) is 2.20. The standard InChI is InChI=1S/C15H20O4/c1-3-17-14(16)10-13-9-11(2)18-15(19-13)12-7-5-4-6-8-12/h4-8,11,13,15H,3,9-10H2,1-2H3/t11-,13-,15-/m1/s1. The number of ether oxygens (including phenoxy) is 3. The molecule has 1 aliphatic heterocycles. The van der Waals surface area contributed by atoms with Crippen LogP contribution in [0.2, 0.25) is 0 Å². The van der Waals surface area contributed by atoms with Crippen LogP contribution in [0.25, 0.3) is 0 Å². The summed E-state index contributed by atoms with van der Waals surface area (Å²) in [6.45, 7) is 4.20. The lowest BCUT2D eigenvalue weighted by Gasteiger charge is -2.34. The Hall–Kier alpha value is -1.39. The third-order valence-corrected chi connectivity index (χ3v) is 3.04. The van der Waals surface area contributed by atoms with Crippen LogP contribution in [-0.2, 0) is 19.0 Å². The molecule has 0 radical (unpaired) electrons. The second kappa shape index (κ2) is 6.68. The Kier molecular flexibility index (Phi) is 4.93. The Morgan fingerprint density at radius 2 is 2.05 bits per heavy atom. The second-order valence-electron chi connectivity index (χ2n) is 4.69. The highest BCUT2D eigenvalue weighted by atomic mass is 16.7. The van der Waals surface area contributed by atoms with Crippen molar-refractivity contribution >= 4 is 5.97 Å². The van der Waals surface area contributed by atoms with Crippen LogP contribution < -0.4 is 0 Å². The first-order valence-corrected chi connectivity index (χ1v) is 6.70. The Labute approximate surface area is 113 Å². The summed E-state index contributed by atoms with van der Waals surface area (Å²) in [5.74, 6) is -0.214. The highest BCUT2D eigenvalue weighted by molar-refractivity contribution is 5.69. The van der Waals surface area contributed by atoms with Crippen LogP contribution in [0, 0.1) is 0 Å². The van der Waals surface area contributed by atoms with Crippen LogP contribution >= 0.6 is 0 Å². The van der Waals surface area contributed by atoms with Crippen LogP contribution in [0.5, 0.6) is 0 Å². The largest absolute Gasteiger partial charge is 0.466 e.